The molecule has 0 amide bonds. The van der Waals surface area contributed by atoms with Crippen LogP contribution in [0.15, 0.2) is 0 Å². The normalized spacial score (nSPS) is 9.27. The van der Waals surface area contributed by atoms with Gasteiger partial charge in [0.1, 0.15) is 0 Å². The molecule has 0 aromatic rings. The Morgan fingerprint density at radius 1 is 1.13 bits per heavy atom. The molecule has 0 saturated heterocycles. The molecule has 88 valence electrons. The molecule has 2 N–H and O–H groups in total. The van der Waals surface area contributed by atoms with E-state index in [1.165, 1.54) is 12.8 Å². The summed E-state index contributed by atoms with van der Waals surface area (Å²) in [6.45, 7) is 2.03. The van der Waals surface area contributed by atoms with Gasteiger partial charge in [0.05, 0.1) is 0 Å². The number of nitrogens with one attached hydrogen (secondary N) is 2. The molecule has 15 heavy (non-hydrogen) atoms. The Morgan fingerprint density at radius 3 is 1.80 bits per heavy atom. The Hall–Kier alpha value is -0.660. The van der Waals surface area contributed by atoms with Crippen LogP contribution >= 0.6 is 23.2 Å². The third-order valence-corrected chi connectivity index (χ3v) is 1.72. The first kappa shape index (κ1) is 19.8. The monoisotopic (exact) mass is 254 g/mol. The molecule has 0 aromatic carbocycles. The van der Waals surface area contributed by atoms with E-state index in [9.17, 15) is 0 Å². The van der Waals surface area contributed by atoms with Crippen LogP contribution in [0.2, 0.25) is 0 Å². The zero-order chi connectivity index (χ0) is 12.5. The Labute approximate surface area is 100.0 Å². The summed E-state index contributed by atoms with van der Waals surface area (Å²) in [6.07, 6.45) is 6.20. The topological polar surface area (TPSA) is 81.8 Å². The fraction of sp³-hybridized carbons (Fsp3) is 0.778. The van der Waals surface area contributed by atoms with Gasteiger partial charge in [0.2, 0.25) is 12.2 Å². The van der Waals surface area contributed by atoms with Gasteiger partial charge < -0.3 is 0 Å². The molecule has 0 fully saturated rings. The molecule has 4 nitrogen and oxygen atoms in total. The molecule has 1 unspecified atom stereocenters. The van der Waals surface area contributed by atoms with Crippen LogP contribution in [-0.2, 0) is 9.59 Å². The number of hydrogen-bond acceptors (Lipinski definition) is 4. The van der Waals surface area contributed by atoms with Crippen LogP contribution in [-0.4, -0.2) is 23.4 Å². The summed E-state index contributed by atoms with van der Waals surface area (Å²) in [7, 11) is 0. The van der Waals surface area contributed by atoms with Crippen molar-refractivity contribution >= 4 is 35.4 Å². The van der Waals surface area contributed by atoms with E-state index in [4.69, 9.17) is 43.6 Å². The van der Waals surface area contributed by atoms with Crippen molar-refractivity contribution in [1.29, 1.82) is 10.8 Å². The first-order valence-corrected chi connectivity index (χ1v) is 5.35. The maximum Gasteiger partial charge on any atom is 0.231 e. The predicted molar refractivity (Wildman–Crippen MR) is 61.3 cm³/mol. The van der Waals surface area contributed by atoms with E-state index in [2.05, 4.69) is 0 Å². The summed E-state index contributed by atoms with van der Waals surface area (Å²) in [5.41, 5.74) is 0. The summed E-state index contributed by atoms with van der Waals surface area (Å²) in [6, 6.07) is 0. The van der Waals surface area contributed by atoms with Crippen LogP contribution in [0.5, 0.6) is 0 Å². The average molecular weight is 255 g/mol. The van der Waals surface area contributed by atoms with Crippen molar-refractivity contribution in [2.75, 3.05) is 5.88 Å². The lowest BCUT2D eigenvalue weighted by molar-refractivity contribution is 0.562. The first-order chi connectivity index (χ1) is 7.10. The molecule has 0 aromatic heterocycles. The summed E-state index contributed by atoms with van der Waals surface area (Å²) in [5, 5.41) is 11.1. The fourth-order valence-corrected chi connectivity index (χ4v) is 1.04. The van der Waals surface area contributed by atoms with E-state index in [0.29, 0.717) is 5.38 Å². The van der Waals surface area contributed by atoms with Crippen molar-refractivity contribution < 1.29 is 9.59 Å². The first-order valence-electron chi connectivity index (χ1n) is 4.38. The van der Waals surface area contributed by atoms with Gasteiger partial charge in [-0.2, -0.15) is 0 Å². The number of hydrogen-bond donors (Lipinski definition) is 2. The lowest BCUT2D eigenvalue weighted by Crippen LogP contribution is -1.89. The van der Waals surface area contributed by atoms with Gasteiger partial charge in [-0.15, -0.1) is 23.2 Å². The molecule has 0 saturated carbocycles. The highest BCUT2D eigenvalue weighted by Crippen LogP contribution is 2.07. The molecule has 0 aliphatic heterocycles. The van der Waals surface area contributed by atoms with Gasteiger partial charge in [-0.25, -0.2) is 20.4 Å². The minimum Gasteiger partial charge on any atom is -0.222 e. The zero-order valence-electron chi connectivity index (χ0n) is 8.69. The van der Waals surface area contributed by atoms with Crippen molar-refractivity contribution in [2.24, 2.45) is 0 Å². The highest BCUT2D eigenvalue weighted by molar-refractivity contribution is 6.20. The largest absolute Gasteiger partial charge is 0.231 e. The highest BCUT2D eigenvalue weighted by Gasteiger charge is 1.94. The number of unbranched alkanes of at least 4 members (excludes halogenated alkanes) is 2. The molecule has 0 radical (unpaired) electrons. The van der Waals surface area contributed by atoms with E-state index in [0.717, 1.165) is 30.9 Å². The van der Waals surface area contributed by atoms with Crippen molar-refractivity contribution in [3.8, 4) is 0 Å². The average Bonchev–Trinajstić information content (AvgIpc) is 2.15. The second-order valence-corrected chi connectivity index (χ2v) is 3.65. The van der Waals surface area contributed by atoms with Crippen LogP contribution in [0, 0.1) is 10.8 Å². The highest BCUT2D eigenvalue weighted by atomic mass is 35.5. The van der Waals surface area contributed by atoms with Gasteiger partial charge in [-0.1, -0.05) is 12.8 Å². The zero-order valence-corrected chi connectivity index (χ0v) is 10.2. The van der Waals surface area contributed by atoms with Gasteiger partial charge in [0, 0.05) is 11.3 Å². The van der Waals surface area contributed by atoms with Gasteiger partial charge in [-0.05, 0) is 19.8 Å². The molecule has 6 heteroatoms. The van der Waals surface area contributed by atoms with Crippen LogP contribution in [0.25, 0.3) is 0 Å². The molecule has 0 spiro atoms. The molecule has 1 atom stereocenters. The fourth-order valence-electron chi connectivity index (χ4n) is 0.697. The molecular formula is C9H16Cl2N2O2. The summed E-state index contributed by atoms with van der Waals surface area (Å²) < 4.78 is 0. The van der Waals surface area contributed by atoms with Crippen molar-refractivity contribution in [2.45, 2.75) is 38.0 Å². The predicted octanol–water partition coefficient (Wildman–Crippen LogP) is 3.21. The van der Waals surface area contributed by atoms with Crippen molar-refractivity contribution in [3.63, 3.8) is 0 Å². The Kier molecular flexibility index (Phi) is 30.8. The minimum atomic E-state index is 0.334. The number of carbonyl (C=O) groups excluding carboxylic acids is 2. The lowest BCUT2D eigenvalue weighted by Gasteiger charge is -1.99. The molecule has 0 heterocycles. The van der Waals surface area contributed by atoms with Crippen LogP contribution < -0.4 is 0 Å². The van der Waals surface area contributed by atoms with E-state index < -0.39 is 0 Å². The van der Waals surface area contributed by atoms with Gasteiger partial charge in [0.25, 0.3) is 0 Å². The van der Waals surface area contributed by atoms with Crippen molar-refractivity contribution in [3.05, 3.63) is 0 Å². The van der Waals surface area contributed by atoms with Crippen LogP contribution in [0.4, 0.5) is 0 Å². The number of alkyl halides is 2. The van der Waals surface area contributed by atoms with Gasteiger partial charge in [-0.3, -0.25) is 0 Å². The Bertz CT molecular complexity index is 163. The summed E-state index contributed by atoms with van der Waals surface area (Å²) in [4.78, 5) is 16.7. The minimum absolute atomic E-state index is 0.334. The smallest absolute Gasteiger partial charge is 0.222 e. The summed E-state index contributed by atoms with van der Waals surface area (Å²) >= 11 is 11.2. The maximum atomic E-state index is 8.35. The van der Waals surface area contributed by atoms with Gasteiger partial charge >= 0.3 is 0 Å². The van der Waals surface area contributed by atoms with Crippen LogP contribution in [0.3, 0.4) is 0 Å². The number of rotatable bonds is 5. The third-order valence-electron chi connectivity index (χ3n) is 1.24. The third kappa shape index (κ3) is 60.2. The molecule has 0 aliphatic carbocycles. The van der Waals surface area contributed by atoms with Crippen LogP contribution in [0.1, 0.15) is 32.6 Å². The molecular weight excluding hydrogens is 239 g/mol. The van der Waals surface area contributed by atoms with Gasteiger partial charge in [0.15, 0.2) is 0 Å². The Balaban J connectivity index is -0.000000200. The Morgan fingerprint density at radius 2 is 1.53 bits per heavy atom. The van der Waals surface area contributed by atoms with E-state index >= 15 is 0 Å². The summed E-state index contributed by atoms with van der Waals surface area (Å²) in [5.74, 6) is 0.788. The maximum absolute atomic E-state index is 8.35. The number of halogens is 2. The molecule has 0 bridgehead atoms. The van der Waals surface area contributed by atoms with E-state index in [1.54, 1.807) is 0 Å². The molecule has 0 rings (SSSR count). The van der Waals surface area contributed by atoms with E-state index in [-0.39, 0.29) is 0 Å². The quantitative estimate of drug-likeness (QED) is 0.342. The standard InChI is InChI=1S/C7H14Cl2.2CHNO/c1-7(9)5-3-2-4-6-8;2*2-1-3/h7H,2-6H2,1H3;2*2H. The number of isocyanates is 2. The lowest BCUT2D eigenvalue weighted by atomic mass is 10.2. The second kappa shape index (κ2) is 23.3. The SMILES string of the molecule is CC(Cl)CCCCCCl.N=C=O.N=C=O. The molecule has 0 aliphatic rings. The van der Waals surface area contributed by atoms with E-state index in [1.807, 2.05) is 6.92 Å². The van der Waals surface area contributed by atoms with Crippen molar-refractivity contribution in [1.82, 2.24) is 0 Å². The second-order valence-electron chi connectivity index (χ2n) is 2.52.